The highest BCUT2D eigenvalue weighted by Gasteiger charge is 2.22. The first-order chi connectivity index (χ1) is 6.49. The Balaban J connectivity index is 4.04. The molecular weight excluding hydrogens is 199 g/mol. The summed E-state index contributed by atoms with van der Waals surface area (Å²) >= 11 is 0. The molecule has 0 unspecified atom stereocenters. The minimum absolute atomic E-state index is 0.339. The van der Waals surface area contributed by atoms with Crippen LogP contribution >= 0.6 is 0 Å². The fourth-order valence-corrected chi connectivity index (χ4v) is 0.873. The van der Waals surface area contributed by atoms with Crippen LogP contribution in [0.5, 0.6) is 0 Å². The maximum atomic E-state index is 11.2. The van der Waals surface area contributed by atoms with E-state index in [9.17, 15) is 9.59 Å². The lowest BCUT2D eigenvalue weighted by Crippen LogP contribution is -2.29. The van der Waals surface area contributed by atoms with Crippen LogP contribution in [0.15, 0.2) is 0 Å². The van der Waals surface area contributed by atoms with Crippen molar-refractivity contribution in [3.63, 3.8) is 0 Å². The molecule has 0 bridgehead atoms. The van der Waals surface area contributed by atoms with Crippen molar-refractivity contribution in [1.29, 1.82) is 0 Å². The Hall–Kier alpha value is -1.06. The van der Waals surface area contributed by atoms with Crippen LogP contribution in [0.4, 0.5) is 0 Å². The normalized spacial score (nSPS) is 12.1. The Kier molecular flexibility index (Phi) is 4.31. The second-order valence-electron chi connectivity index (χ2n) is 5.35. The van der Waals surface area contributed by atoms with Gasteiger partial charge in [0, 0.05) is 0 Å². The summed E-state index contributed by atoms with van der Waals surface area (Å²) in [5, 5.41) is 0. The van der Waals surface area contributed by atoms with Crippen molar-refractivity contribution in [2.75, 3.05) is 0 Å². The summed E-state index contributed by atoms with van der Waals surface area (Å²) in [4.78, 5) is 22.5. The predicted molar refractivity (Wildman–Crippen MR) is 56.3 cm³/mol. The minimum Gasteiger partial charge on any atom is -0.460 e. The first kappa shape index (κ1) is 13.9. The van der Waals surface area contributed by atoms with E-state index in [1.807, 2.05) is 0 Å². The molecule has 4 heteroatoms. The maximum absolute atomic E-state index is 11.2. The predicted octanol–water partition coefficient (Wildman–Crippen LogP) is 2.06. The van der Waals surface area contributed by atoms with Gasteiger partial charge in [-0.3, -0.25) is 9.59 Å². The highest BCUT2D eigenvalue weighted by atomic mass is 16.7. The van der Waals surface area contributed by atoms with E-state index < -0.39 is 23.1 Å². The Morgan fingerprint density at radius 3 is 1.27 bits per heavy atom. The number of esters is 2. The van der Waals surface area contributed by atoms with Gasteiger partial charge in [0.1, 0.15) is 17.6 Å². The lowest BCUT2D eigenvalue weighted by atomic mass is 10.2. The van der Waals surface area contributed by atoms with E-state index in [1.165, 1.54) is 0 Å². The van der Waals surface area contributed by atoms with Crippen LogP contribution in [0.2, 0.25) is 0 Å². The van der Waals surface area contributed by atoms with Crippen molar-refractivity contribution < 1.29 is 19.1 Å². The van der Waals surface area contributed by atoms with E-state index in [-0.39, 0.29) is 6.42 Å². The van der Waals surface area contributed by atoms with Crippen molar-refractivity contribution in [3.05, 3.63) is 0 Å². The highest BCUT2D eigenvalue weighted by Crippen LogP contribution is 2.11. The van der Waals surface area contributed by atoms with Gasteiger partial charge in [0.05, 0.1) is 0 Å². The van der Waals surface area contributed by atoms with Gasteiger partial charge in [0.15, 0.2) is 0 Å². The van der Waals surface area contributed by atoms with Crippen LogP contribution in [-0.2, 0) is 19.1 Å². The number of hydrogen-bond donors (Lipinski definition) is 0. The molecule has 88 valence electrons. The van der Waals surface area contributed by atoms with Gasteiger partial charge in [0.25, 0.3) is 0 Å². The zero-order valence-corrected chi connectivity index (χ0v) is 10.3. The van der Waals surface area contributed by atoms with Crippen LogP contribution in [0.3, 0.4) is 0 Å². The Morgan fingerprint density at radius 1 is 0.800 bits per heavy atom. The van der Waals surface area contributed by atoms with Crippen LogP contribution in [0, 0.1) is 0 Å². The molecule has 0 amide bonds. The van der Waals surface area contributed by atoms with Crippen molar-refractivity contribution >= 4 is 11.9 Å². The molecule has 0 aromatic heterocycles. The van der Waals surface area contributed by atoms with E-state index in [2.05, 4.69) is 0 Å². The van der Waals surface area contributed by atoms with E-state index in [1.54, 1.807) is 41.5 Å². The molecule has 0 radical (unpaired) electrons. The Bertz CT molecular complexity index is 216. The summed E-state index contributed by atoms with van der Waals surface area (Å²) in [6.07, 6.45) is -0.339. The number of carbonyl (C=O) groups excluding carboxylic acids is 2. The van der Waals surface area contributed by atoms with E-state index in [0.29, 0.717) is 0 Å². The Labute approximate surface area is 90.9 Å². The van der Waals surface area contributed by atoms with Gasteiger partial charge in [-0.2, -0.15) is 0 Å². The van der Waals surface area contributed by atoms with Gasteiger partial charge in [0.2, 0.25) is 0 Å². The monoisotopic (exact) mass is 219 g/mol. The molecule has 0 N–H and O–H groups in total. The summed E-state index contributed by atoms with van der Waals surface area (Å²) in [5.74, 6) is -1.12. The third kappa shape index (κ3) is 9.25. The minimum atomic E-state index is -0.570. The molecule has 0 aliphatic heterocycles. The summed E-state index contributed by atoms with van der Waals surface area (Å²) in [5.41, 5.74) is -1.14. The summed E-state index contributed by atoms with van der Waals surface area (Å²) in [6, 6.07) is 0. The molecular formula is C11H20O4. The molecule has 0 aromatic rings. The molecule has 0 aliphatic carbocycles. The highest BCUT2D eigenvalue weighted by molar-refractivity contribution is 5.91. The molecule has 0 aromatic carbocycles. The lowest BCUT2D eigenvalue weighted by molar-refractivity contribution is -0.166. The second kappa shape index (κ2) is 4.64. The van der Waals surface area contributed by atoms with Crippen molar-refractivity contribution in [1.82, 2.24) is 0 Å². The molecule has 0 saturated carbocycles. The SMILES string of the molecule is CC(C)(C)O[13C](=O)[13CH2][13C](=O)OC(C)(C)C. The standard InChI is InChI=1S/C11H20O4/c1-10(2,3)14-8(12)7-9(13)15-11(4,5)6/h7H2,1-6H3/i7+1,8+1,9+1. The molecule has 0 aliphatic rings. The number of ether oxygens (including phenoxy) is 2. The number of hydrogen-bond acceptors (Lipinski definition) is 4. The third-order valence-electron chi connectivity index (χ3n) is 1.13. The fraction of sp³-hybridized carbons (Fsp3) is 0.818. The quantitative estimate of drug-likeness (QED) is 0.405. The maximum Gasteiger partial charge on any atom is 0.317 e. The van der Waals surface area contributed by atoms with Crippen LogP contribution in [0.1, 0.15) is 48.0 Å². The van der Waals surface area contributed by atoms with Crippen molar-refractivity contribution in [2.45, 2.75) is 59.2 Å². The second-order valence-corrected chi connectivity index (χ2v) is 5.35. The average molecular weight is 219 g/mol. The van der Waals surface area contributed by atoms with Gasteiger partial charge < -0.3 is 9.47 Å². The summed E-state index contributed by atoms with van der Waals surface area (Å²) in [7, 11) is 0. The molecule has 0 rings (SSSR count). The third-order valence-corrected chi connectivity index (χ3v) is 1.13. The van der Waals surface area contributed by atoms with Crippen molar-refractivity contribution in [3.8, 4) is 0 Å². The Morgan fingerprint density at radius 2 is 1.07 bits per heavy atom. The van der Waals surface area contributed by atoms with Crippen LogP contribution in [0.25, 0.3) is 0 Å². The molecule has 0 saturated heterocycles. The first-order valence-electron chi connectivity index (χ1n) is 4.93. The van der Waals surface area contributed by atoms with Crippen LogP contribution < -0.4 is 0 Å². The smallest absolute Gasteiger partial charge is 0.317 e. The largest absolute Gasteiger partial charge is 0.460 e. The molecule has 0 heterocycles. The van der Waals surface area contributed by atoms with Gasteiger partial charge in [-0.25, -0.2) is 0 Å². The molecule has 0 spiro atoms. The lowest BCUT2D eigenvalue weighted by Gasteiger charge is -2.21. The molecule has 0 atom stereocenters. The fourth-order valence-electron chi connectivity index (χ4n) is 0.873. The zero-order valence-electron chi connectivity index (χ0n) is 10.3. The number of carbonyl (C=O) groups is 2. The summed E-state index contributed by atoms with van der Waals surface area (Å²) < 4.78 is 9.97. The van der Waals surface area contributed by atoms with Gasteiger partial charge in [-0.05, 0) is 41.5 Å². The number of rotatable bonds is 2. The topological polar surface area (TPSA) is 52.6 Å². The molecule has 15 heavy (non-hydrogen) atoms. The molecule has 4 nitrogen and oxygen atoms in total. The zero-order chi connectivity index (χ0) is 12.3. The van der Waals surface area contributed by atoms with Crippen LogP contribution in [-0.4, -0.2) is 23.1 Å². The van der Waals surface area contributed by atoms with E-state index >= 15 is 0 Å². The van der Waals surface area contributed by atoms with E-state index in [0.717, 1.165) is 0 Å². The van der Waals surface area contributed by atoms with Gasteiger partial charge in [-0.15, -0.1) is 0 Å². The average Bonchev–Trinajstić information content (AvgIpc) is 1.73. The first-order valence-corrected chi connectivity index (χ1v) is 4.93. The van der Waals surface area contributed by atoms with Gasteiger partial charge >= 0.3 is 11.9 Å². The van der Waals surface area contributed by atoms with E-state index in [4.69, 9.17) is 9.47 Å². The molecule has 0 fully saturated rings. The van der Waals surface area contributed by atoms with Crippen molar-refractivity contribution in [2.24, 2.45) is 0 Å². The summed E-state index contributed by atoms with van der Waals surface area (Å²) in [6.45, 7) is 10.5. The van der Waals surface area contributed by atoms with Gasteiger partial charge in [-0.1, -0.05) is 0 Å².